The summed E-state index contributed by atoms with van der Waals surface area (Å²) in [5, 5.41) is 4.68. The number of ether oxygens (including phenoxy) is 3. The summed E-state index contributed by atoms with van der Waals surface area (Å²) in [7, 11) is 4.17. The maximum Gasteiger partial charge on any atom is 0.300 e. The minimum atomic E-state index is -0.831. The number of hydrogen-bond donors (Lipinski definition) is 1. The third-order valence-corrected chi connectivity index (χ3v) is 4.44. The first kappa shape index (κ1) is 17.7. The van der Waals surface area contributed by atoms with Gasteiger partial charge in [0.15, 0.2) is 16.6 Å². The maximum absolute atomic E-state index is 12.4. The lowest BCUT2D eigenvalue weighted by Crippen LogP contribution is -2.37. The van der Waals surface area contributed by atoms with Crippen LogP contribution in [-0.4, -0.2) is 50.5 Å². The number of hydrogen-bond acceptors (Lipinski definition) is 8. The van der Waals surface area contributed by atoms with Gasteiger partial charge in [-0.2, -0.15) is 0 Å². The van der Waals surface area contributed by atoms with Gasteiger partial charge in [-0.25, -0.2) is 4.98 Å². The summed E-state index contributed by atoms with van der Waals surface area (Å²) >= 11 is 1.24. The molecule has 1 aliphatic heterocycles. The zero-order valence-electron chi connectivity index (χ0n) is 14.2. The van der Waals surface area contributed by atoms with Gasteiger partial charge in [0.25, 0.3) is 11.7 Å². The summed E-state index contributed by atoms with van der Waals surface area (Å²) in [5.41, 5.74) is 0.265. The monoisotopic (exact) mass is 377 g/mol. The van der Waals surface area contributed by atoms with Crippen LogP contribution in [0, 0.1) is 0 Å². The molecule has 0 fully saturated rings. The minimum absolute atomic E-state index is 0.0391. The fourth-order valence-corrected chi connectivity index (χ4v) is 3.20. The Morgan fingerprint density at radius 2 is 1.92 bits per heavy atom. The molecule has 3 rings (SSSR count). The van der Waals surface area contributed by atoms with E-state index in [9.17, 15) is 14.4 Å². The molecule has 26 heavy (non-hydrogen) atoms. The zero-order chi connectivity index (χ0) is 18.8. The van der Waals surface area contributed by atoms with Crippen molar-refractivity contribution in [2.24, 2.45) is 0 Å². The van der Waals surface area contributed by atoms with Crippen molar-refractivity contribution in [2.75, 3.05) is 38.1 Å². The first-order chi connectivity index (χ1) is 12.5. The van der Waals surface area contributed by atoms with Gasteiger partial charge >= 0.3 is 0 Å². The number of nitrogens with zero attached hydrogens (tertiary/aromatic N) is 2. The molecular weight excluding hydrogens is 362 g/mol. The van der Waals surface area contributed by atoms with Crippen molar-refractivity contribution in [1.29, 1.82) is 0 Å². The molecule has 0 atom stereocenters. The predicted octanol–water partition coefficient (Wildman–Crippen LogP) is 1.34. The smallest absolute Gasteiger partial charge is 0.300 e. The second-order valence-electron chi connectivity index (χ2n) is 5.15. The lowest BCUT2D eigenvalue weighted by atomic mass is 10.1. The Hall–Kier alpha value is -3.14. The van der Waals surface area contributed by atoms with Crippen LogP contribution in [0.15, 0.2) is 17.6 Å². The van der Waals surface area contributed by atoms with E-state index < -0.39 is 17.6 Å². The van der Waals surface area contributed by atoms with Crippen molar-refractivity contribution in [3.8, 4) is 17.2 Å². The summed E-state index contributed by atoms with van der Waals surface area (Å²) in [4.78, 5) is 42.1. The second-order valence-corrected chi connectivity index (χ2v) is 6.04. The zero-order valence-corrected chi connectivity index (χ0v) is 15.0. The summed E-state index contributed by atoms with van der Waals surface area (Å²) in [6.07, 6.45) is 1.54. The van der Waals surface area contributed by atoms with Crippen LogP contribution in [0.4, 0.5) is 10.8 Å². The van der Waals surface area contributed by atoms with Crippen LogP contribution < -0.4 is 24.4 Å². The van der Waals surface area contributed by atoms with Crippen molar-refractivity contribution in [1.82, 2.24) is 4.98 Å². The molecular formula is C16H15N3O6S. The van der Waals surface area contributed by atoms with Crippen LogP contribution in [0.3, 0.4) is 0 Å². The molecule has 0 aliphatic carbocycles. The molecule has 1 N–H and O–H groups in total. The van der Waals surface area contributed by atoms with Gasteiger partial charge in [0.2, 0.25) is 11.7 Å². The summed E-state index contributed by atoms with van der Waals surface area (Å²) < 4.78 is 15.8. The van der Waals surface area contributed by atoms with E-state index in [0.29, 0.717) is 5.13 Å². The first-order valence-electron chi connectivity index (χ1n) is 7.40. The molecule has 0 unspecified atom stereocenters. The minimum Gasteiger partial charge on any atom is -0.493 e. The van der Waals surface area contributed by atoms with E-state index in [-0.39, 0.29) is 35.0 Å². The first-order valence-corrected chi connectivity index (χ1v) is 8.28. The normalized spacial score (nSPS) is 12.8. The molecule has 136 valence electrons. The number of methoxy groups -OCH3 is 3. The highest BCUT2D eigenvalue weighted by Crippen LogP contribution is 2.47. The number of nitrogens with one attached hydrogen (secondary N) is 1. The van der Waals surface area contributed by atoms with E-state index in [0.717, 1.165) is 4.90 Å². The lowest BCUT2D eigenvalue weighted by Gasteiger charge is -2.19. The van der Waals surface area contributed by atoms with Crippen LogP contribution in [0.1, 0.15) is 10.4 Å². The fourth-order valence-electron chi connectivity index (χ4n) is 2.66. The highest BCUT2D eigenvalue weighted by atomic mass is 32.1. The molecule has 0 radical (unpaired) electrons. The molecule has 0 bridgehead atoms. The molecule has 9 nitrogen and oxygen atoms in total. The predicted molar refractivity (Wildman–Crippen MR) is 93.5 cm³/mol. The van der Waals surface area contributed by atoms with E-state index in [1.165, 1.54) is 38.7 Å². The average Bonchev–Trinajstić information content (AvgIpc) is 3.22. The van der Waals surface area contributed by atoms with E-state index >= 15 is 0 Å². The van der Waals surface area contributed by atoms with E-state index in [2.05, 4.69) is 10.3 Å². The largest absolute Gasteiger partial charge is 0.493 e. The van der Waals surface area contributed by atoms with Gasteiger partial charge in [-0.15, -0.1) is 11.3 Å². The molecule has 0 saturated heterocycles. The molecule has 1 aliphatic rings. The van der Waals surface area contributed by atoms with E-state index in [1.54, 1.807) is 11.6 Å². The Bertz CT molecular complexity index is 881. The lowest BCUT2D eigenvalue weighted by molar-refractivity contribution is -0.118. The van der Waals surface area contributed by atoms with Crippen LogP contribution in [0.25, 0.3) is 0 Å². The van der Waals surface area contributed by atoms with Gasteiger partial charge < -0.3 is 19.5 Å². The number of anilines is 2. The number of carbonyl (C=O) groups excluding carboxylic acids is 3. The Morgan fingerprint density at radius 3 is 2.50 bits per heavy atom. The number of thiazole rings is 1. The Balaban J connectivity index is 1.99. The van der Waals surface area contributed by atoms with Crippen LogP contribution in [0.5, 0.6) is 17.2 Å². The third kappa shape index (κ3) is 2.84. The summed E-state index contributed by atoms with van der Waals surface area (Å²) in [6, 6.07) is 1.47. The Morgan fingerprint density at radius 1 is 1.19 bits per heavy atom. The Kier molecular flexibility index (Phi) is 4.76. The number of carbonyl (C=O) groups is 3. The molecule has 2 aromatic rings. The number of amides is 2. The van der Waals surface area contributed by atoms with Gasteiger partial charge in [-0.1, -0.05) is 0 Å². The van der Waals surface area contributed by atoms with Gasteiger partial charge in [0, 0.05) is 17.6 Å². The summed E-state index contributed by atoms with van der Waals surface area (Å²) in [5.74, 6) is -1.53. The number of Topliss-reactive ketones (excluding diaryl/α,β-unsaturated/α-hetero) is 1. The number of fused-ring (bicyclic) bond motifs is 1. The molecule has 2 heterocycles. The van der Waals surface area contributed by atoms with Crippen molar-refractivity contribution in [3.05, 3.63) is 23.2 Å². The van der Waals surface area contributed by atoms with Crippen LogP contribution in [-0.2, 0) is 9.59 Å². The molecule has 0 saturated carbocycles. The average molecular weight is 377 g/mol. The van der Waals surface area contributed by atoms with Crippen LogP contribution in [0.2, 0.25) is 0 Å². The van der Waals surface area contributed by atoms with Crippen molar-refractivity contribution in [3.63, 3.8) is 0 Å². The van der Waals surface area contributed by atoms with Crippen LogP contribution >= 0.6 is 11.3 Å². The molecule has 1 aromatic carbocycles. The molecule has 10 heteroatoms. The number of rotatable bonds is 6. The van der Waals surface area contributed by atoms with Gasteiger partial charge in [-0.3, -0.25) is 19.3 Å². The maximum atomic E-state index is 12.4. The van der Waals surface area contributed by atoms with Gasteiger partial charge in [0.05, 0.1) is 32.6 Å². The topological polar surface area (TPSA) is 107 Å². The second kappa shape index (κ2) is 7.00. The third-order valence-electron chi connectivity index (χ3n) is 3.75. The highest BCUT2D eigenvalue weighted by molar-refractivity contribution is 7.13. The highest BCUT2D eigenvalue weighted by Gasteiger charge is 2.42. The SMILES string of the molecule is COc1cc2c(c(OC)c1OC)C(=O)C(=O)N2CC(=O)Nc1nccs1. The van der Waals surface area contributed by atoms with Gasteiger partial charge in [-0.05, 0) is 0 Å². The number of aromatic nitrogens is 1. The van der Waals surface area contributed by atoms with Crippen molar-refractivity contribution in [2.45, 2.75) is 0 Å². The standard InChI is InChI=1S/C16H15N3O6S/c1-23-9-6-8-11(14(25-3)13(9)24-2)12(21)15(22)19(8)7-10(20)18-16-17-4-5-26-16/h4-6H,7H2,1-3H3,(H,17,18,20). The molecule has 0 spiro atoms. The Labute approximate surface area is 152 Å². The number of ketones is 1. The van der Waals surface area contributed by atoms with E-state index in [4.69, 9.17) is 14.2 Å². The number of benzene rings is 1. The van der Waals surface area contributed by atoms with Gasteiger partial charge in [0.1, 0.15) is 6.54 Å². The van der Waals surface area contributed by atoms with Crippen molar-refractivity contribution < 1.29 is 28.6 Å². The van der Waals surface area contributed by atoms with E-state index in [1.807, 2.05) is 0 Å². The fraction of sp³-hybridized carbons (Fsp3) is 0.250. The van der Waals surface area contributed by atoms with Crippen molar-refractivity contribution >= 4 is 39.8 Å². The summed E-state index contributed by atoms with van der Waals surface area (Å²) in [6.45, 7) is -0.351. The quantitative estimate of drug-likeness (QED) is 0.757. The molecule has 1 aromatic heterocycles. The molecule has 2 amide bonds.